The van der Waals surface area contributed by atoms with Crippen LogP contribution in [0.5, 0.6) is 0 Å². The van der Waals surface area contributed by atoms with Crippen LogP contribution in [0.2, 0.25) is 0 Å². The van der Waals surface area contributed by atoms with Gasteiger partial charge in [-0.1, -0.05) is 15.9 Å². The Hall–Kier alpha value is -1.76. The summed E-state index contributed by atoms with van der Waals surface area (Å²) in [7, 11) is 0. The van der Waals surface area contributed by atoms with Crippen molar-refractivity contribution in [2.75, 3.05) is 5.33 Å². The normalized spacial score (nSPS) is 10.6. The molecule has 0 amide bonds. The lowest BCUT2D eigenvalue weighted by molar-refractivity contribution is -0.385. The topological polar surface area (TPSA) is 88.9 Å². The summed E-state index contributed by atoms with van der Waals surface area (Å²) >= 11 is 2.99. The van der Waals surface area contributed by atoms with Crippen molar-refractivity contribution in [3.63, 3.8) is 0 Å². The van der Waals surface area contributed by atoms with Crippen molar-refractivity contribution >= 4 is 38.3 Å². The van der Waals surface area contributed by atoms with Gasteiger partial charge in [-0.05, 0) is 6.07 Å². The monoisotopic (exact) mass is 283 g/mol. The van der Waals surface area contributed by atoms with Gasteiger partial charge in [-0.2, -0.15) is 5.10 Å². The molecule has 0 spiro atoms. The van der Waals surface area contributed by atoms with Crippen LogP contribution in [-0.2, 0) is 0 Å². The number of alkyl halides is 1. The number of fused-ring (bicyclic) bond motifs is 1. The van der Waals surface area contributed by atoms with Crippen LogP contribution in [-0.4, -0.2) is 26.2 Å². The predicted molar refractivity (Wildman–Crippen MR) is 60.9 cm³/mol. The average Bonchev–Trinajstić information content (AvgIpc) is 2.73. The number of aromatic amines is 1. The highest BCUT2D eigenvalue weighted by molar-refractivity contribution is 9.09. The fourth-order valence-corrected chi connectivity index (χ4v) is 1.73. The molecule has 2 aromatic rings. The minimum atomic E-state index is -0.573. The summed E-state index contributed by atoms with van der Waals surface area (Å²) in [5.74, 6) is -0.324. The van der Waals surface area contributed by atoms with Crippen molar-refractivity contribution in [2.45, 2.75) is 0 Å². The van der Waals surface area contributed by atoms with Crippen molar-refractivity contribution in [1.29, 1.82) is 0 Å². The van der Waals surface area contributed by atoms with Crippen LogP contribution in [0.1, 0.15) is 10.4 Å². The zero-order chi connectivity index (χ0) is 11.7. The van der Waals surface area contributed by atoms with Crippen LogP contribution >= 0.6 is 15.9 Å². The lowest BCUT2D eigenvalue weighted by Crippen LogP contribution is -2.04. The molecule has 1 aromatic carbocycles. The van der Waals surface area contributed by atoms with Crippen molar-refractivity contribution in [3.8, 4) is 0 Å². The molecule has 0 unspecified atom stereocenters. The first kappa shape index (κ1) is 10.7. The first-order chi connectivity index (χ1) is 7.63. The Labute approximate surface area is 97.9 Å². The number of H-pyrrole nitrogens is 1. The molecule has 1 aromatic heterocycles. The van der Waals surface area contributed by atoms with E-state index in [4.69, 9.17) is 0 Å². The van der Waals surface area contributed by atoms with Crippen molar-refractivity contribution in [3.05, 3.63) is 34.0 Å². The SMILES string of the molecule is O=C(CBr)c1cc2cn[nH]c2cc1[N+](=O)[O-]. The van der Waals surface area contributed by atoms with E-state index in [2.05, 4.69) is 26.1 Å². The van der Waals surface area contributed by atoms with E-state index in [1.54, 1.807) is 0 Å². The van der Waals surface area contributed by atoms with Crippen LogP contribution in [0.15, 0.2) is 18.3 Å². The molecule has 0 radical (unpaired) electrons. The van der Waals surface area contributed by atoms with Crippen LogP contribution in [0.4, 0.5) is 5.69 Å². The van der Waals surface area contributed by atoms with Crippen LogP contribution in [0.25, 0.3) is 10.9 Å². The highest BCUT2D eigenvalue weighted by Crippen LogP contribution is 2.25. The summed E-state index contributed by atoms with van der Waals surface area (Å²) in [4.78, 5) is 21.8. The van der Waals surface area contributed by atoms with Crippen LogP contribution in [0, 0.1) is 10.1 Å². The van der Waals surface area contributed by atoms with E-state index in [1.807, 2.05) is 0 Å². The number of nitrogens with one attached hydrogen (secondary N) is 1. The van der Waals surface area contributed by atoms with Gasteiger partial charge >= 0.3 is 0 Å². The van der Waals surface area contributed by atoms with Crippen LogP contribution in [0.3, 0.4) is 0 Å². The number of hydrogen-bond acceptors (Lipinski definition) is 4. The fourth-order valence-electron chi connectivity index (χ4n) is 1.43. The third kappa shape index (κ3) is 1.69. The summed E-state index contributed by atoms with van der Waals surface area (Å²) in [6.45, 7) is 0. The summed E-state index contributed by atoms with van der Waals surface area (Å²) in [6.07, 6.45) is 1.52. The van der Waals surface area contributed by atoms with Gasteiger partial charge in [0.1, 0.15) is 0 Å². The van der Waals surface area contributed by atoms with Crippen LogP contribution < -0.4 is 0 Å². The molecule has 0 aliphatic rings. The highest BCUT2D eigenvalue weighted by atomic mass is 79.9. The molecule has 0 saturated heterocycles. The third-order valence-corrected chi connectivity index (χ3v) is 2.68. The molecule has 82 valence electrons. The first-order valence-electron chi connectivity index (χ1n) is 4.34. The number of carbonyl (C=O) groups excluding carboxylic acids is 1. The number of aromatic nitrogens is 2. The Bertz CT molecular complexity index is 578. The van der Waals surface area contributed by atoms with Gasteiger partial charge in [0, 0.05) is 11.5 Å². The number of ketones is 1. The lowest BCUT2D eigenvalue weighted by atomic mass is 10.1. The third-order valence-electron chi connectivity index (χ3n) is 2.17. The Morgan fingerprint density at radius 3 is 2.94 bits per heavy atom. The molecular formula is C9H6BrN3O3. The Balaban J connectivity index is 2.72. The number of hydrogen-bond donors (Lipinski definition) is 1. The fraction of sp³-hybridized carbons (Fsp3) is 0.111. The van der Waals surface area contributed by atoms with Gasteiger partial charge in [0.25, 0.3) is 5.69 Å². The van der Waals surface area contributed by atoms with E-state index in [0.29, 0.717) is 10.9 Å². The number of Topliss-reactive ketones (excluding diaryl/α,β-unsaturated/α-hetero) is 1. The smallest absolute Gasteiger partial charge is 0.282 e. The number of halogens is 1. The largest absolute Gasteiger partial charge is 0.293 e. The summed E-state index contributed by atoms with van der Waals surface area (Å²) in [5, 5.41) is 17.9. The van der Waals surface area contributed by atoms with E-state index < -0.39 is 4.92 Å². The van der Waals surface area contributed by atoms with Gasteiger partial charge in [-0.25, -0.2) is 0 Å². The molecule has 0 bridgehead atoms. The van der Waals surface area contributed by atoms with Crippen molar-refractivity contribution in [2.24, 2.45) is 0 Å². The molecule has 0 aliphatic heterocycles. The van der Waals surface area contributed by atoms with E-state index in [1.165, 1.54) is 18.3 Å². The summed E-state index contributed by atoms with van der Waals surface area (Å²) in [6, 6.07) is 2.79. The summed E-state index contributed by atoms with van der Waals surface area (Å²) in [5.41, 5.74) is 0.426. The molecule has 2 rings (SSSR count). The van der Waals surface area contributed by atoms with Gasteiger partial charge in [-0.15, -0.1) is 0 Å². The quantitative estimate of drug-likeness (QED) is 0.404. The number of carbonyl (C=O) groups is 1. The maximum absolute atomic E-state index is 11.5. The van der Waals surface area contributed by atoms with E-state index in [-0.39, 0.29) is 22.4 Å². The second kappa shape index (κ2) is 4.01. The molecular weight excluding hydrogens is 278 g/mol. The molecule has 1 heterocycles. The number of nitro groups is 1. The number of nitro benzene ring substituents is 1. The maximum Gasteiger partial charge on any atom is 0.282 e. The first-order valence-corrected chi connectivity index (χ1v) is 5.46. The number of rotatable bonds is 3. The molecule has 0 aliphatic carbocycles. The Kier molecular flexibility index (Phi) is 2.69. The minimum absolute atomic E-state index is 0.0528. The number of benzene rings is 1. The highest BCUT2D eigenvalue weighted by Gasteiger charge is 2.20. The zero-order valence-electron chi connectivity index (χ0n) is 7.94. The zero-order valence-corrected chi connectivity index (χ0v) is 9.52. The average molecular weight is 284 g/mol. The Morgan fingerprint density at radius 1 is 1.56 bits per heavy atom. The summed E-state index contributed by atoms with van der Waals surface area (Å²) < 4.78 is 0. The van der Waals surface area contributed by atoms with E-state index >= 15 is 0 Å². The minimum Gasteiger partial charge on any atom is -0.293 e. The standard InChI is InChI=1S/C9H6BrN3O3/c10-3-9(14)6-1-5-4-11-12-7(5)2-8(6)13(15)16/h1-2,4H,3H2,(H,11,12). The van der Waals surface area contributed by atoms with Gasteiger partial charge < -0.3 is 0 Å². The van der Waals surface area contributed by atoms with Gasteiger partial charge in [-0.3, -0.25) is 20.0 Å². The second-order valence-electron chi connectivity index (χ2n) is 3.14. The van der Waals surface area contributed by atoms with E-state index in [9.17, 15) is 14.9 Å². The maximum atomic E-state index is 11.5. The van der Waals surface area contributed by atoms with Gasteiger partial charge in [0.2, 0.25) is 0 Å². The molecule has 0 fully saturated rings. The molecule has 6 nitrogen and oxygen atoms in total. The van der Waals surface area contributed by atoms with Crippen molar-refractivity contribution < 1.29 is 9.72 Å². The second-order valence-corrected chi connectivity index (χ2v) is 3.70. The van der Waals surface area contributed by atoms with Crippen molar-refractivity contribution in [1.82, 2.24) is 10.2 Å². The predicted octanol–water partition coefficient (Wildman–Crippen LogP) is 2.05. The van der Waals surface area contributed by atoms with E-state index in [0.717, 1.165) is 0 Å². The van der Waals surface area contributed by atoms with Gasteiger partial charge in [0.15, 0.2) is 5.78 Å². The molecule has 0 atom stereocenters. The lowest BCUT2D eigenvalue weighted by Gasteiger charge is -1.99. The molecule has 7 heteroatoms. The number of nitrogens with zero attached hydrogens (tertiary/aromatic N) is 2. The molecule has 16 heavy (non-hydrogen) atoms. The molecule has 0 saturated carbocycles. The van der Waals surface area contributed by atoms with Gasteiger partial charge in [0.05, 0.1) is 27.5 Å². The molecule has 1 N–H and O–H groups in total. The Morgan fingerprint density at radius 2 is 2.31 bits per heavy atom.